The first kappa shape index (κ1) is 17.8. The average molecular weight is 375 g/mol. The lowest BCUT2D eigenvalue weighted by Crippen LogP contribution is -1.99. The van der Waals surface area contributed by atoms with Crippen molar-refractivity contribution in [1.29, 1.82) is 0 Å². The number of halogens is 1. The number of benzene rings is 3. The highest BCUT2D eigenvalue weighted by Gasteiger charge is 2.16. The molecule has 2 nitrogen and oxygen atoms in total. The van der Waals surface area contributed by atoms with Crippen LogP contribution in [0.25, 0.3) is 33.3 Å². The maximum atomic E-state index is 6.30. The average Bonchev–Trinajstić information content (AvgIpc) is 3.06. The number of aryl methyl sites for hydroxylation is 1. The topological polar surface area (TPSA) is 41.8 Å². The van der Waals surface area contributed by atoms with Gasteiger partial charge in [0.15, 0.2) is 0 Å². The second-order valence-corrected chi connectivity index (χ2v) is 7.26. The molecule has 3 aromatic carbocycles. The zero-order valence-corrected chi connectivity index (χ0v) is 16.0. The van der Waals surface area contributed by atoms with Crippen molar-refractivity contribution >= 4 is 22.5 Å². The van der Waals surface area contributed by atoms with E-state index in [4.69, 9.17) is 17.3 Å². The zero-order chi connectivity index (χ0) is 18.6. The SMILES string of the molecule is NCCCCc1c(-c2ccccc2-c2ccccc2)[nH]c2ccc(Cl)cc12. The molecule has 0 spiro atoms. The normalized spacial score (nSPS) is 11.2. The van der Waals surface area contributed by atoms with E-state index in [-0.39, 0.29) is 0 Å². The van der Waals surface area contributed by atoms with E-state index < -0.39 is 0 Å². The summed E-state index contributed by atoms with van der Waals surface area (Å²) in [5.74, 6) is 0. The van der Waals surface area contributed by atoms with Gasteiger partial charge in [0.2, 0.25) is 0 Å². The fourth-order valence-electron chi connectivity index (χ4n) is 3.73. The standard InChI is InChI=1S/C24H23ClN2/c25-18-13-14-23-22(16-18)21(12-6-7-15-26)24(27-23)20-11-5-4-10-19(20)17-8-2-1-3-9-17/h1-5,8-11,13-14,16,27H,6-7,12,15,26H2. The van der Waals surface area contributed by atoms with E-state index in [1.807, 2.05) is 6.07 Å². The summed E-state index contributed by atoms with van der Waals surface area (Å²) in [7, 11) is 0. The van der Waals surface area contributed by atoms with Gasteiger partial charge >= 0.3 is 0 Å². The minimum absolute atomic E-state index is 0.721. The van der Waals surface area contributed by atoms with Gasteiger partial charge in [-0.25, -0.2) is 0 Å². The highest BCUT2D eigenvalue weighted by Crippen LogP contribution is 2.38. The summed E-state index contributed by atoms with van der Waals surface area (Å²) < 4.78 is 0. The summed E-state index contributed by atoms with van der Waals surface area (Å²) in [5, 5.41) is 1.97. The number of H-pyrrole nitrogens is 1. The number of hydrogen-bond acceptors (Lipinski definition) is 1. The number of aromatic nitrogens is 1. The lowest BCUT2D eigenvalue weighted by atomic mass is 9.94. The Morgan fingerprint density at radius 2 is 1.56 bits per heavy atom. The van der Waals surface area contributed by atoms with Gasteiger partial charge in [0.05, 0.1) is 5.69 Å². The number of rotatable bonds is 6. The van der Waals surface area contributed by atoms with E-state index in [1.54, 1.807) is 0 Å². The summed E-state index contributed by atoms with van der Waals surface area (Å²) in [4.78, 5) is 3.65. The van der Waals surface area contributed by atoms with Crippen molar-refractivity contribution in [3.8, 4) is 22.4 Å². The van der Waals surface area contributed by atoms with Crippen LogP contribution in [0.3, 0.4) is 0 Å². The fourth-order valence-corrected chi connectivity index (χ4v) is 3.90. The number of unbranched alkanes of at least 4 members (excludes halogenated alkanes) is 1. The van der Waals surface area contributed by atoms with Gasteiger partial charge in [-0.15, -0.1) is 0 Å². The monoisotopic (exact) mass is 374 g/mol. The second-order valence-electron chi connectivity index (χ2n) is 6.83. The minimum atomic E-state index is 0.721. The molecule has 0 amide bonds. The third-order valence-corrected chi connectivity index (χ3v) is 5.27. The molecular weight excluding hydrogens is 352 g/mol. The molecule has 0 fully saturated rings. The molecule has 0 saturated carbocycles. The van der Waals surface area contributed by atoms with Crippen LogP contribution in [0, 0.1) is 0 Å². The molecule has 27 heavy (non-hydrogen) atoms. The molecule has 3 N–H and O–H groups in total. The molecule has 3 heteroatoms. The minimum Gasteiger partial charge on any atom is -0.354 e. The Morgan fingerprint density at radius 1 is 0.815 bits per heavy atom. The highest BCUT2D eigenvalue weighted by molar-refractivity contribution is 6.31. The predicted molar refractivity (Wildman–Crippen MR) is 116 cm³/mol. The summed E-state index contributed by atoms with van der Waals surface area (Å²) in [6.07, 6.45) is 3.07. The van der Waals surface area contributed by atoms with E-state index in [0.29, 0.717) is 0 Å². The molecule has 0 radical (unpaired) electrons. The molecular formula is C24H23ClN2. The molecule has 0 aliphatic rings. The molecule has 0 bridgehead atoms. The van der Waals surface area contributed by atoms with Gasteiger partial charge in [-0.2, -0.15) is 0 Å². The van der Waals surface area contributed by atoms with Crippen LogP contribution in [0.15, 0.2) is 72.8 Å². The van der Waals surface area contributed by atoms with Crippen molar-refractivity contribution in [3.63, 3.8) is 0 Å². The van der Waals surface area contributed by atoms with Crippen molar-refractivity contribution in [3.05, 3.63) is 83.4 Å². The van der Waals surface area contributed by atoms with Gasteiger partial charge in [-0.05, 0) is 60.7 Å². The van der Waals surface area contributed by atoms with E-state index in [0.717, 1.165) is 36.3 Å². The zero-order valence-electron chi connectivity index (χ0n) is 15.2. The van der Waals surface area contributed by atoms with E-state index >= 15 is 0 Å². The number of nitrogens with one attached hydrogen (secondary N) is 1. The summed E-state index contributed by atoms with van der Waals surface area (Å²) >= 11 is 6.30. The third-order valence-electron chi connectivity index (χ3n) is 5.03. The maximum Gasteiger partial charge on any atom is 0.0503 e. The van der Waals surface area contributed by atoms with Crippen LogP contribution in [0.5, 0.6) is 0 Å². The molecule has 0 atom stereocenters. The Labute approximate surface area is 165 Å². The van der Waals surface area contributed by atoms with E-state index in [1.165, 1.54) is 33.3 Å². The molecule has 4 aromatic rings. The van der Waals surface area contributed by atoms with Gasteiger partial charge in [-0.1, -0.05) is 66.2 Å². The Bertz CT molecular complexity index is 1050. The molecule has 0 aliphatic heterocycles. The molecule has 4 rings (SSSR count). The van der Waals surface area contributed by atoms with Gasteiger partial charge in [0.1, 0.15) is 0 Å². The summed E-state index contributed by atoms with van der Waals surface area (Å²) in [6, 6.07) is 25.2. The van der Waals surface area contributed by atoms with Crippen LogP contribution in [0.2, 0.25) is 5.02 Å². The molecule has 0 aliphatic carbocycles. The smallest absolute Gasteiger partial charge is 0.0503 e. The molecule has 136 valence electrons. The van der Waals surface area contributed by atoms with Crippen molar-refractivity contribution < 1.29 is 0 Å². The second kappa shape index (κ2) is 7.99. The molecule has 1 aromatic heterocycles. The Hall–Kier alpha value is -2.55. The summed E-state index contributed by atoms with van der Waals surface area (Å²) in [5.41, 5.74) is 13.0. The highest BCUT2D eigenvalue weighted by atomic mass is 35.5. The van der Waals surface area contributed by atoms with Gasteiger partial charge in [-0.3, -0.25) is 0 Å². The van der Waals surface area contributed by atoms with Crippen molar-refractivity contribution in [2.24, 2.45) is 5.73 Å². The van der Waals surface area contributed by atoms with Crippen molar-refractivity contribution in [2.75, 3.05) is 6.54 Å². The van der Waals surface area contributed by atoms with E-state index in [2.05, 4.69) is 71.7 Å². The van der Waals surface area contributed by atoms with Crippen molar-refractivity contribution in [1.82, 2.24) is 4.98 Å². The molecule has 0 unspecified atom stereocenters. The summed E-state index contributed by atoms with van der Waals surface area (Å²) in [6.45, 7) is 0.721. The first-order valence-electron chi connectivity index (χ1n) is 9.43. The van der Waals surface area contributed by atoms with Crippen LogP contribution < -0.4 is 5.73 Å². The van der Waals surface area contributed by atoms with Crippen LogP contribution in [-0.4, -0.2) is 11.5 Å². The van der Waals surface area contributed by atoms with Gasteiger partial charge in [0, 0.05) is 21.5 Å². The van der Waals surface area contributed by atoms with Crippen molar-refractivity contribution in [2.45, 2.75) is 19.3 Å². The third kappa shape index (κ3) is 3.64. The largest absolute Gasteiger partial charge is 0.354 e. The first-order valence-corrected chi connectivity index (χ1v) is 9.80. The van der Waals surface area contributed by atoms with Crippen LogP contribution in [-0.2, 0) is 6.42 Å². The Morgan fingerprint density at radius 3 is 2.33 bits per heavy atom. The number of aromatic amines is 1. The lowest BCUT2D eigenvalue weighted by Gasteiger charge is -2.11. The van der Waals surface area contributed by atoms with Crippen LogP contribution in [0.1, 0.15) is 18.4 Å². The Kier molecular flexibility index (Phi) is 5.28. The van der Waals surface area contributed by atoms with Gasteiger partial charge in [0.25, 0.3) is 0 Å². The quantitative estimate of drug-likeness (QED) is 0.375. The van der Waals surface area contributed by atoms with Crippen LogP contribution in [0.4, 0.5) is 0 Å². The maximum absolute atomic E-state index is 6.30. The predicted octanol–water partition coefficient (Wildman–Crippen LogP) is 6.44. The fraction of sp³-hybridized carbons (Fsp3) is 0.167. The number of fused-ring (bicyclic) bond motifs is 1. The Balaban J connectivity index is 1.90. The first-order chi connectivity index (χ1) is 13.3. The van der Waals surface area contributed by atoms with Gasteiger partial charge < -0.3 is 10.7 Å². The molecule has 1 heterocycles. The molecule has 0 saturated heterocycles. The number of hydrogen-bond donors (Lipinski definition) is 2. The number of nitrogens with two attached hydrogens (primary N) is 1. The van der Waals surface area contributed by atoms with E-state index in [9.17, 15) is 0 Å². The lowest BCUT2D eigenvalue weighted by molar-refractivity contribution is 0.748. The van der Waals surface area contributed by atoms with Crippen LogP contribution >= 0.6 is 11.6 Å².